The highest BCUT2D eigenvalue weighted by Gasteiger charge is 2.43. The summed E-state index contributed by atoms with van der Waals surface area (Å²) in [6.45, 7) is 0. The summed E-state index contributed by atoms with van der Waals surface area (Å²) in [5.74, 6) is 0. The van der Waals surface area contributed by atoms with Gasteiger partial charge in [0.05, 0.1) is 5.60 Å². The molecule has 11 heavy (non-hydrogen) atoms. The van der Waals surface area contributed by atoms with Crippen LogP contribution in [-0.4, -0.2) is 17.9 Å². The Labute approximate surface area is 67.1 Å². The summed E-state index contributed by atoms with van der Waals surface area (Å²) in [6.07, 6.45) is 5.32. The van der Waals surface area contributed by atoms with Crippen molar-refractivity contribution in [3.8, 4) is 0 Å². The lowest BCUT2D eigenvalue weighted by Gasteiger charge is -2.22. The zero-order valence-corrected chi connectivity index (χ0v) is 6.75. The van der Waals surface area contributed by atoms with E-state index in [1.54, 1.807) is 0 Å². The van der Waals surface area contributed by atoms with Crippen LogP contribution in [0.1, 0.15) is 32.1 Å². The molecule has 0 aromatic heterocycles. The standard InChI is InChI=1S/C8H16N2O/c9-6-1-3-8(5-6)4-2-7(10)11-8/h6-7H,1-5,9-10H2. The SMILES string of the molecule is NC1CCC2(CCC(N)O2)C1. The molecule has 0 bridgehead atoms. The van der Waals surface area contributed by atoms with Crippen LogP contribution in [0.3, 0.4) is 0 Å². The summed E-state index contributed by atoms with van der Waals surface area (Å²) >= 11 is 0. The van der Waals surface area contributed by atoms with E-state index in [2.05, 4.69) is 0 Å². The molecule has 0 aromatic carbocycles. The maximum atomic E-state index is 5.81. The van der Waals surface area contributed by atoms with Crippen LogP contribution in [0.4, 0.5) is 0 Å². The Balaban J connectivity index is 2.02. The highest BCUT2D eigenvalue weighted by molar-refractivity contribution is 4.96. The quantitative estimate of drug-likeness (QED) is 0.531. The zero-order chi connectivity index (χ0) is 7.90. The minimum absolute atomic E-state index is 0.0275. The molecule has 1 saturated heterocycles. The first-order valence-corrected chi connectivity index (χ1v) is 4.39. The average molecular weight is 156 g/mol. The van der Waals surface area contributed by atoms with Crippen molar-refractivity contribution in [1.29, 1.82) is 0 Å². The Morgan fingerprint density at radius 3 is 2.36 bits per heavy atom. The molecule has 1 spiro atoms. The largest absolute Gasteiger partial charge is 0.357 e. The smallest absolute Gasteiger partial charge is 0.106 e. The molecule has 3 nitrogen and oxygen atoms in total. The second-order valence-corrected chi connectivity index (χ2v) is 3.88. The summed E-state index contributed by atoms with van der Waals surface area (Å²) < 4.78 is 5.68. The van der Waals surface area contributed by atoms with Gasteiger partial charge in [0, 0.05) is 6.04 Å². The average Bonchev–Trinajstić information content (AvgIpc) is 2.44. The maximum Gasteiger partial charge on any atom is 0.106 e. The van der Waals surface area contributed by atoms with Gasteiger partial charge >= 0.3 is 0 Å². The van der Waals surface area contributed by atoms with E-state index in [-0.39, 0.29) is 11.8 Å². The number of hydrogen-bond acceptors (Lipinski definition) is 3. The number of rotatable bonds is 0. The minimum Gasteiger partial charge on any atom is -0.357 e. The van der Waals surface area contributed by atoms with Crippen molar-refractivity contribution in [3.63, 3.8) is 0 Å². The van der Waals surface area contributed by atoms with E-state index >= 15 is 0 Å². The van der Waals surface area contributed by atoms with Crippen LogP contribution >= 0.6 is 0 Å². The van der Waals surface area contributed by atoms with Crippen molar-refractivity contribution in [2.75, 3.05) is 0 Å². The van der Waals surface area contributed by atoms with Gasteiger partial charge < -0.3 is 16.2 Å². The first kappa shape index (κ1) is 7.53. The van der Waals surface area contributed by atoms with E-state index < -0.39 is 0 Å². The molecule has 4 N–H and O–H groups in total. The van der Waals surface area contributed by atoms with Crippen molar-refractivity contribution < 1.29 is 4.74 Å². The Kier molecular flexibility index (Phi) is 1.67. The highest BCUT2D eigenvalue weighted by atomic mass is 16.5. The molecule has 0 radical (unpaired) electrons. The van der Waals surface area contributed by atoms with Gasteiger partial charge in [0.25, 0.3) is 0 Å². The Hall–Kier alpha value is -0.120. The molecular weight excluding hydrogens is 140 g/mol. The summed E-state index contributed by atoms with van der Waals surface area (Å²) in [4.78, 5) is 0. The Morgan fingerprint density at radius 2 is 1.91 bits per heavy atom. The molecule has 3 unspecified atom stereocenters. The molecule has 64 valence electrons. The third-order valence-corrected chi connectivity index (χ3v) is 2.89. The zero-order valence-electron chi connectivity index (χ0n) is 6.75. The van der Waals surface area contributed by atoms with E-state index in [1.807, 2.05) is 0 Å². The van der Waals surface area contributed by atoms with Gasteiger partial charge in [-0.05, 0) is 32.1 Å². The van der Waals surface area contributed by atoms with E-state index in [4.69, 9.17) is 16.2 Å². The molecule has 0 aromatic rings. The van der Waals surface area contributed by atoms with Gasteiger partial charge in [-0.1, -0.05) is 0 Å². The second kappa shape index (κ2) is 2.44. The van der Waals surface area contributed by atoms with Crippen LogP contribution in [-0.2, 0) is 4.74 Å². The van der Waals surface area contributed by atoms with Gasteiger partial charge in [0.1, 0.15) is 6.23 Å². The van der Waals surface area contributed by atoms with Crippen LogP contribution < -0.4 is 11.5 Å². The molecule has 2 aliphatic rings. The van der Waals surface area contributed by atoms with Crippen molar-refractivity contribution >= 4 is 0 Å². The number of nitrogens with two attached hydrogens (primary N) is 2. The molecular formula is C8H16N2O. The first-order chi connectivity index (χ1) is 5.20. The van der Waals surface area contributed by atoms with Crippen LogP contribution in [0.5, 0.6) is 0 Å². The van der Waals surface area contributed by atoms with E-state index in [9.17, 15) is 0 Å². The third-order valence-electron chi connectivity index (χ3n) is 2.89. The highest BCUT2D eigenvalue weighted by Crippen LogP contribution is 2.41. The fourth-order valence-corrected chi connectivity index (χ4v) is 2.31. The van der Waals surface area contributed by atoms with Crippen LogP contribution in [0.25, 0.3) is 0 Å². The molecule has 1 aliphatic heterocycles. The van der Waals surface area contributed by atoms with Gasteiger partial charge in [0.2, 0.25) is 0 Å². The van der Waals surface area contributed by atoms with Gasteiger partial charge in [-0.3, -0.25) is 0 Å². The fourth-order valence-electron chi connectivity index (χ4n) is 2.31. The van der Waals surface area contributed by atoms with Crippen LogP contribution in [0, 0.1) is 0 Å². The van der Waals surface area contributed by atoms with Crippen molar-refractivity contribution in [2.45, 2.75) is 50.0 Å². The van der Waals surface area contributed by atoms with E-state index in [0.29, 0.717) is 6.04 Å². The van der Waals surface area contributed by atoms with Crippen molar-refractivity contribution in [1.82, 2.24) is 0 Å². The monoisotopic (exact) mass is 156 g/mol. The van der Waals surface area contributed by atoms with Gasteiger partial charge in [-0.15, -0.1) is 0 Å². The lowest BCUT2D eigenvalue weighted by Crippen LogP contribution is -2.30. The molecule has 2 rings (SSSR count). The molecule has 1 heterocycles. The van der Waals surface area contributed by atoms with Crippen molar-refractivity contribution in [2.24, 2.45) is 11.5 Å². The molecule has 1 aliphatic carbocycles. The second-order valence-electron chi connectivity index (χ2n) is 3.88. The summed E-state index contributed by atoms with van der Waals surface area (Å²) in [7, 11) is 0. The molecule has 3 heteroatoms. The topological polar surface area (TPSA) is 61.3 Å². The summed E-state index contributed by atoms with van der Waals surface area (Å²) in [5.41, 5.74) is 11.6. The van der Waals surface area contributed by atoms with E-state index in [1.165, 1.54) is 0 Å². The molecule has 2 fully saturated rings. The Bertz CT molecular complexity index is 142. The Morgan fingerprint density at radius 1 is 1.18 bits per heavy atom. The first-order valence-electron chi connectivity index (χ1n) is 4.39. The normalized spacial score (nSPS) is 50.7. The van der Waals surface area contributed by atoms with Gasteiger partial charge in [-0.25, -0.2) is 0 Å². The summed E-state index contributed by atoms with van der Waals surface area (Å²) in [6, 6.07) is 0.347. The summed E-state index contributed by atoms with van der Waals surface area (Å²) in [5, 5.41) is 0. The minimum atomic E-state index is -0.0275. The van der Waals surface area contributed by atoms with Crippen molar-refractivity contribution in [3.05, 3.63) is 0 Å². The van der Waals surface area contributed by atoms with Gasteiger partial charge in [-0.2, -0.15) is 0 Å². The maximum absolute atomic E-state index is 5.81. The number of ether oxygens (including phenoxy) is 1. The lowest BCUT2D eigenvalue weighted by molar-refractivity contribution is -0.0341. The molecule has 1 saturated carbocycles. The fraction of sp³-hybridized carbons (Fsp3) is 1.00. The van der Waals surface area contributed by atoms with E-state index in [0.717, 1.165) is 32.1 Å². The predicted octanol–water partition coefficient (Wildman–Crippen LogP) is 0.332. The number of hydrogen-bond donors (Lipinski definition) is 2. The predicted molar refractivity (Wildman–Crippen MR) is 42.9 cm³/mol. The van der Waals surface area contributed by atoms with Crippen LogP contribution in [0.15, 0.2) is 0 Å². The molecule has 3 atom stereocenters. The van der Waals surface area contributed by atoms with Gasteiger partial charge in [0.15, 0.2) is 0 Å². The third kappa shape index (κ3) is 1.28. The van der Waals surface area contributed by atoms with Crippen LogP contribution in [0.2, 0.25) is 0 Å². The lowest BCUT2D eigenvalue weighted by atomic mass is 9.98. The molecule has 0 amide bonds.